The fraction of sp³-hybridized carbons (Fsp3) is 0.400. The van der Waals surface area contributed by atoms with Crippen molar-refractivity contribution < 1.29 is 17.9 Å². The van der Waals surface area contributed by atoms with E-state index in [1.165, 1.54) is 11.1 Å². The minimum Gasteiger partial charge on any atom is -0.371 e. The van der Waals surface area contributed by atoms with Crippen molar-refractivity contribution in [2.75, 3.05) is 61.1 Å². The number of nitrogens with one attached hydrogen (secondary N) is 2. The highest BCUT2D eigenvalue weighted by Crippen LogP contribution is 2.38. The quantitative estimate of drug-likeness (QED) is 0.311. The molecule has 1 aromatic carbocycles. The van der Waals surface area contributed by atoms with E-state index in [-0.39, 0.29) is 18.2 Å². The number of thiophene rings is 1. The van der Waals surface area contributed by atoms with Crippen LogP contribution in [0, 0.1) is 0 Å². The van der Waals surface area contributed by atoms with Gasteiger partial charge in [-0.15, -0.1) is 11.3 Å². The zero-order chi connectivity index (χ0) is 30.3. The molecular weight excluding hydrogens is 601 g/mol. The van der Waals surface area contributed by atoms with Gasteiger partial charge in [-0.2, -0.15) is 4.31 Å². The summed E-state index contributed by atoms with van der Waals surface area (Å²) in [5.41, 5.74) is 3.07. The Kier molecular flexibility index (Phi) is 7.93. The molecule has 3 aromatic heterocycles. The lowest BCUT2D eigenvalue weighted by atomic mass is 10.2. The molecule has 2 amide bonds. The second kappa shape index (κ2) is 12.0. The molecule has 2 atom stereocenters. The number of carbonyl (C=O) groups is 1. The molecule has 14 heteroatoms. The number of rotatable bonds is 7. The van der Waals surface area contributed by atoms with Crippen LogP contribution in [0.25, 0.3) is 21.6 Å². The molecule has 2 unspecified atom stereocenters. The highest BCUT2D eigenvalue weighted by Gasteiger charge is 2.35. The lowest BCUT2D eigenvalue weighted by Crippen LogP contribution is -2.47. The van der Waals surface area contributed by atoms with Crippen LogP contribution in [-0.2, 0) is 21.3 Å². The van der Waals surface area contributed by atoms with E-state index in [1.54, 1.807) is 40.2 Å². The van der Waals surface area contributed by atoms with Crippen LogP contribution >= 0.6 is 11.3 Å². The number of fused-ring (bicyclic) bond motifs is 3. The molecule has 6 heterocycles. The fourth-order valence-electron chi connectivity index (χ4n) is 6.04. The zero-order valence-corrected chi connectivity index (χ0v) is 26.0. The predicted molar refractivity (Wildman–Crippen MR) is 172 cm³/mol. The molecule has 0 aliphatic carbocycles. The van der Waals surface area contributed by atoms with Gasteiger partial charge in [0.1, 0.15) is 0 Å². The molecule has 2 N–H and O–H groups in total. The summed E-state index contributed by atoms with van der Waals surface area (Å²) in [7, 11) is -3.17. The third-order valence-electron chi connectivity index (χ3n) is 8.27. The van der Waals surface area contributed by atoms with E-state index in [2.05, 4.69) is 31.5 Å². The summed E-state index contributed by atoms with van der Waals surface area (Å²) in [6.45, 7) is 4.75. The third kappa shape index (κ3) is 6.40. The highest BCUT2D eigenvalue weighted by molar-refractivity contribution is 7.88. The van der Waals surface area contributed by atoms with Crippen molar-refractivity contribution in [2.45, 2.75) is 31.6 Å². The van der Waals surface area contributed by atoms with Crippen LogP contribution in [0.2, 0.25) is 0 Å². The first-order valence-electron chi connectivity index (χ1n) is 14.7. The van der Waals surface area contributed by atoms with Crippen LogP contribution in [-0.4, -0.2) is 96.3 Å². The van der Waals surface area contributed by atoms with Gasteiger partial charge in [0.05, 0.1) is 28.7 Å². The Morgan fingerprint density at radius 2 is 1.61 bits per heavy atom. The van der Waals surface area contributed by atoms with Gasteiger partial charge in [0.2, 0.25) is 10.0 Å². The Morgan fingerprint density at radius 1 is 0.955 bits per heavy atom. The van der Waals surface area contributed by atoms with Crippen LogP contribution in [0.3, 0.4) is 0 Å². The van der Waals surface area contributed by atoms with E-state index in [1.807, 2.05) is 24.3 Å². The number of hydrogen-bond acceptors (Lipinski definition) is 10. The van der Waals surface area contributed by atoms with E-state index >= 15 is 0 Å². The standard InChI is InChI=1S/C30H34N8O4S2/c1-44(40,41)38-14-12-36(13-15-38)19-25-16-26-27(43-25)29(37-17-23-6-7-24(18-37)42-23)35-28(34-26)20-2-4-21(5-3-20)32-30(39)33-22-8-10-31-11-9-22/h2-5,8-11,16,23-24H,6-7,12-15,17-19H2,1H3,(H2,31,32,33,39). The average Bonchev–Trinajstić information content (AvgIpc) is 3.58. The van der Waals surface area contributed by atoms with Crippen molar-refractivity contribution in [1.82, 2.24) is 24.2 Å². The summed E-state index contributed by atoms with van der Waals surface area (Å²) in [5.74, 6) is 1.56. The highest BCUT2D eigenvalue weighted by atomic mass is 32.2. The minimum absolute atomic E-state index is 0.219. The number of pyridine rings is 1. The van der Waals surface area contributed by atoms with E-state index < -0.39 is 10.0 Å². The molecule has 0 spiro atoms. The number of hydrogen-bond donors (Lipinski definition) is 2. The Balaban J connectivity index is 1.13. The van der Waals surface area contributed by atoms with Crippen LogP contribution in [0.5, 0.6) is 0 Å². The smallest absolute Gasteiger partial charge is 0.323 e. The van der Waals surface area contributed by atoms with Gasteiger partial charge in [0.15, 0.2) is 11.6 Å². The van der Waals surface area contributed by atoms with Crippen molar-refractivity contribution in [1.29, 1.82) is 0 Å². The van der Waals surface area contributed by atoms with Gasteiger partial charge in [-0.05, 0) is 55.3 Å². The molecule has 2 bridgehead atoms. The Morgan fingerprint density at radius 3 is 2.27 bits per heavy atom. The lowest BCUT2D eigenvalue weighted by molar-refractivity contribution is 0.0303. The lowest BCUT2D eigenvalue weighted by Gasteiger charge is -2.33. The van der Waals surface area contributed by atoms with Crippen LogP contribution in [0.15, 0.2) is 54.9 Å². The van der Waals surface area contributed by atoms with E-state index in [0.717, 1.165) is 54.1 Å². The van der Waals surface area contributed by atoms with Gasteiger partial charge in [0.25, 0.3) is 0 Å². The summed E-state index contributed by atoms with van der Waals surface area (Å²) >= 11 is 1.71. The third-order valence-corrected chi connectivity index (χ3v) is 10.7. The van der Waals surface area contributed by atoms with E-state index in [0.29, 0.717) is 43.4 Å². The molecule has 3 aliphatic heterocycles. The predicted octanol–water partition coefficient (Wildman–Crippen LogP) is 3.84. The molecular formula is C30H34N8O4S2. The molecule has 7 rings (SSSR count). The van der Waals surface area contributed by atoms with Gasteiger partial charge in [-0.25, -0.2) is 23.2 Å². The Labute approximate surface area is 260 Å². The number of urea groups is 1. The zero-order valence-electron chi connectivity index (χ0n) is 24.3. The van der Waals surface area contributed by atoms with Crippen LogP contribution in [0.4, 0.5) is 22.0 Å². The van der Waals surface area contributed by atoms with Crippen molar-refractivity contribution in [3.63, 3.8) is 0 Å². The number of anilines is 3. The minimum atomic E-state index is -3.17. The molecule has 3 aliphatic rings. The second-order valence-corrected chi connectivity index (χ2v) is 14.6. The van der Waals surface area contributed by atoms with Gasteiger partial charge in [0, 0.05) is 80.0 Å². The number of piperazine rings is 1. The monoisotopic (exact) mass is 634 g/mol. The fourth-order valence-corrected chi connectivity index (χ4v) is 8.03. The van der Waals surface area contributed by atoms with Crippen molar-refractivity contribution in [3.05, 3.63) is 59.7 Å². The first-order chi connectivity index (χ1) is 21.3. The largest absolute Gasteiger partial charge is 0.371 e. The average molecular weight is 635 g/mol. The SMILES string of the molecule is CS(=O)(=O)N1CCN(Cc2cc3nc(-c4ccc(NC(=O)Nc5ccncc5)cc4)nc(N4CC5CCC(C4)O5)c3s2)CC1. The van der Waals surface area contributed by atoms with Crippen molar-refractivity contribution in [3.8, 4) is 11.4 Å². The molecule has 3 fully saturated rings. The van der Waals surface area contributed by atoms with Crippen LogP contribution < -0.4 is 15.5 Å². The Hall–Kier alpha value is -3.69. The molecule has 230 valence electrons. The van der Waals surface area contributed by atoms with E-state index in [4.69, 9.17) is 14.7 Å². The summed E-state index contributed by atoms with van der Waals surface area (Å²) in [5, 5.41) is 5.65. The number of carbonyl (C=O) groups excluding carboxylic acids is 1. The molecule has 4 aromatic rings. The number of amides is 2. The number of sulfonamides is 1. The van der Waals surface area contributed by atoms with Gasteiger partial charge < -0.3 is 20.3 Å². The number of nitrogens with zero attached hydrogens (tertiary/aromatic N) is 6. The molecule has 0 saturated carbocycles. The van der Waals surface area contributed by atoms with E-state index in [9.17, 15) is 13.2 Å². The summed E-state index contributed by atoms with van der Waals surface area (Å²) in [6.07, 6.45) is 7.09. The number of morpholine rings is 1. The van der Waals surface area contributed by atoms with Crippen molar-refractivity contribution in [2.24, 2.45) is 0 Å². The molecule has 44 heavy (non-hydrogen) atoms. The molecule has 0 radical (unpaired) electrons. The maximum atomic E-state index is 12.5. The number of benzene rings is 1. The second-order valence-electron chi connectivity index (χ2n) is 11.5. The first-order valence-corrected chi connectivity index (χ1v) is 17.4. The molecule has 12 nitrogen and oxygen atoms in total. The van der Waals surface area contributed by atoms with Crippen LogP contribution in [0.1, 0.15) is 17.7 Å². The number of ether oxygens (including phenoxy) is 1. The summed E-state index contributed by atoms with van der Waals surface area (Å²) in [4.78, 5) is 32.3. The van der Waals surface area contributed by atoms with Crippen molar-refractivity contribution >= 4 is 54.8 Å². The normalized spacial score (nSPS) is 21.1. The van der Waals surface area contributed by atoms with Gasteiger partial charge in [-0.3, -0.25) is 9.88 Å². The maximum absolute atomic E-state index is 12.5. The summed E-state index contributed by atoms with van der Waals surface area (Å²) in [6, 6.07) is 12.8. The van der Waals surface area contributed by atoms with Gasteiger partial charge >= 0.3 is 6.03 Å². The van der Waals surface area contributed by atoms with Gasteiger partial charge in [-0.1, -0.05) is 0 Å². The number of aromatic nitrogens is 3. The topological polar surface area (TPSA) is 133 Å². The maximum Gasteiger partial charge on any atom is 0.323 e. The summed E-state index contributed by atoms with van der Waals surface area (Å²) < 4.78 is 32.6. The Bertz CT molecular complexity index is 1750. The molecule has 3 saturated heterocycles. The first kappa shape index (κ1) is 29.0.